The molecule has 262 valence electrons. The summed E-state index contributed by atoms with van der Waals surface area (Å²) in [6.45, 7) is 2.78. The molecule has 0 spiro atoms. The summed E-state index contributed by atoms with van der Waals surface area (Å²) in [5, 5.41) is 6.94. The molecule has 0 aliphatic carbocycles. The average Bonchev–Trinajstić information content (AvgIpc) is 3.86. The topological polar surface area (TPSA) is 28.7 Å². The first-order valence-corrected chi connectivity index (χ1v) is 19.0. The van der Waals surface area contributed by atoms with Crippen molar-refractivity contribution in [2.75, 3.05) is 11.4 Å². The first kappa shape index (κ1) is 32.7. The molecule has 9 aromatic rings. The number of para-hydroxylation sites is 1. The number of benzene rings is 8. The summed E-state index contributed by atoms with van der Waals surface area (Å²) in [5.41, 5.74) is 13.4. The largest absolute Gasteiger partial charge is 0.455 e. The zero-order valence-corrected chi connectivity index (χ0v) is 30.6. The van der Waals surface area contributed by atoms with Crippen LogP contribution in [0.2, 0.25) is 0 Å². The predicted octanol–water partition coefficient (Wildman–Crippen LogP) is 14.2. The highest BCUT2D eigenvalue weighted by Crippen LogP contribution is 2.41. The van der Waals surface area contributed by atoms with Crippen molar-refractivity contribution in [2.45, 2.75) is 13.3 Å². The minimum Gasteiger partial charge on any atom is -0.455 e. The SMILES string of the molecule is C/C=C\C=C/CN(c1ccc(-c2ccccc2)cc1)c1ccc(-c2ccc3ccc4c5ccc(C6=Nc7ccccc7C6)cc5oc4c3c2)c2ccccc12. The summed E-state index contributed by atoms with van der Waals surface area (Å²) in [6, 6.07) is 58.9. The third-order valence-corrected chi connectivity index (χ3v) is 10.9. The summed E-state index contributed by atoms with van der Waals surface area (Å²) in [4.78, 5) is 7.35. The van der Waals surface area contributed by atoms with Crippen LogP contribution in [-0.4, -0.2) is 12.3 Å². The van der Waals surface area contributed by atoms with Crippen molar-refractivity contribution >= 4 is 66.3 Å². The lowest BCUT2D eigenvalue weighted by molar-refractivity contribution is 0.672. The highest BCUT2D eigenvalue weighted by atomic mass is 16.3. The lowest BCUT2D eigenvalue weighted by Crippen LogP contribution is -2.17. The molecule has 0 N–H and O–H groups in total. The van der Waals surface area contributed by atoms with Crippen LogP contribution in [0.25, 0.3) is 65.7 Å². The Balaban J connectivity index is 1.05. The van der Waals surface area contributed by atoms with Crippen LogP contribution in [0.15, 0.2) is 198 Å². The molecule has 3 heteroatoms. The molecule has 1 aliphatic rings. The van der Waals surface area contributed by atoms with Gasteiger partial charge in [-0.1, -0.05) is 140 Å². The zero-order chi connectivity index (χ0) is 36.7. The highest BCUT2D eigenvalue weighted by molar-refractivity contribution is 6.17. The number of hydrogen-bond acceptors (Lipinski definition) is 3. The zero-order valence-electron chi connectivity index (χ0n) is 30.6. The fourth-order valence-electron chi connectivity index (χ4n) is 8.14. The van der Waals surface area contributed by atoms with E-state index >= 15 is 0 Å². The van der Waals surface area contributed by atoms with E-state index in [2.05, 4.69) is 193 Å². The Morgan fingerprint density at radius 2 is 1.31 bits per heavy atom. The van der Waals surface area contributed by atoms with Gasteiger partial charge in [0.1, 0.15) is 11.2 Å². The van der Waals surface area contributed by atoms with Gasteiger partial charge in [0.05, 0.1) is 11.4 Å². The van der Waals surface area contributed by atoms with Gasteiger partial charge in [0.25, 0.3) is 0 Å². The van der Waals surface area contributed by atoms with Crippen molar-refractivity contribution in [3.63, 3.8) is 0 Å². The number of aliphatic imine (C=N–C) groups is 1. The Kier molecular flexibility index (Phi) is 8.18. The highest BCUT2D eigenvalue weighted by Gasteiger charge is 2.19. The van der Waals surface area contributed by atoms with Crippen molar-refractivity contribution in [1.29, 1.82) is 0 Å². The van der Waals surface area contributed by atoms with Crippen molar-refractivity contribution < 1.29 is 4.42 Å². The molecular formula is C52H38N2O. The Morgan fingerprint density at radius 3 is 2.16 bits per heavy atom. The van der Waals surface area contributed by atoms with E-state index in [1.165, 1.54) is 38.7 Å². The Labute approximate surface area is 320 Å². The van der Waals surface area contributed by atoms with E-state index in [0.29, 0.717) is 0 Å². The maximum Gasteiger partial charge on any atom is 0.143 e. The van der Waals surface area contributed by atoms with Gasteiger partial charge in [-0.3, -0.25) is 4.99 Å². The molecule has 3 nitrogen and oxygen atoms in total. The van der Waals surface area contributed by atoms with Crippen LogP contribution in [-0.2, 0) is 6.42 Å². The van der Waals surface area contributed by atoms with Crippen molar-refractivity contribution in [3.05, 3.63) is 199 Å². The lowest BCUT2D eigenvalue weighted by Gasteiger charge is -2.26. The molecular weight excluding hydrogens is 669 g/mol. The molecule has 55 heavy (non-hydrogen) atoms. The molecule has 0 radical (unpaired) electrons. The second kappa shape index (κ2) is 13.8. The molecule has 8 aromatic carbocycles. The molecule has 1 aromatic heterocycles. The third kappa shape index (κ3) is 5.91. The van der Waals surface area contributed by atoms with Crippen molar-refractivity contribution in [1.82, 2.24) is 0 Å². The first-order chi connectivity index (χ1) is 27.2. The van der Waals surface area contributed by atoms with E-state index in [1.807, 2.05) is 6.92 Å². The summed E-state index contributed by atoms with van der Waals surface area (Å²) in [6.07, 6.45) is 9.33. The van der Waals surface area contributed by atoms with Crippen LogP contribution in [0.4, 0.5) is 17.1 Å². The number of anilines is 2. The first-order valence-electron chi connectivity index (χ1n) is 19.0. The molecule has 0 amide bonds. The molecule has 0 fully saturated rings. The Bertz CT molecular complexity index is 2980. The van der Waals surface area contributed by atoms with Gasteiger partial charge in [0.2, 0.25) is 0 Å². The average molecular weight is 707 g/mol. The van der Waals surface area contributed by atoms with Gasteiger partial charge in [0, 0.05) is 51.4 Å². The Hall–Kier alpha value is -6.97. The van der Waals surface area contributed by atoms with Crippen LogP contribution in [0.3, 0.4) is 0 Å². The summed E-state index contributed by atoms with van der Waals surface area (Å²) >= 11 is 0. The van der Waals surface area contributed by atoms with Crippen LogP contribution in [0, 0.1) is 0 Å². The van der Waals surface area contributed by atoms with E-state index in [1.54, 1.807) is 0 Å². The van der Waals surface area contributed by atoms with Crippen LogP contribution < -0.4 is 4.90 Å². The number of furan rings is 1. The van der Waals surface area contributed by atoms with Crippen LogP contribution in [0.1, 0.15) is 18.1 Å². The quantitative estimate of drug-likeness (QED) is 0.147. The molecule has 1 aliphatic heterocycles. The van der Waals surface area contributed by atoms with Gasteiger partial charge in [-0.05, 0) is 94.0 Å². The van der Waals surface area contributed by atoms with E-state index in [4.69, 9.17) is 9.41 Å². The number of fused-ring (bicyclic) bond motifs is 7. The van der Waals surface area contributed by atoms with Gasteiger partial charge in [-0.15, -0.1) is 0 Å². The molecule has 10 rings (SSSR count). The third-order valence-electron chi connectivity index (χ3n) is 10.9. The van der Waals surface area contributed by atoms with Gasteiger partial charge in [0.15, 0.2) is 0 Å². The summed E-state index contributed by atoms with van der Waals surface area (Å²) < 4.78 is 6.74. The minimum atomic E-state index is 0.736. The molecule has 0 unspecified atom stereocenters. The molecule has 0 saturated heterocycles. The van der Waals surface area contributed by atoms with Crippen LogP contribution in [0.5, 0.6) is 0 Å². The maximum atomic E-state index is 6.74. The fraction of sp³-hybridized carbons (Fsp3) is 0.0577. The number of allylic oxidation sites excluding steroid dienone is 3. The number of hydrogen-bond donors (Lipinski definition) is 0. The number of nitrogens with zero attached hydrogens (tertiary/aromatic N) is 2. The standard InChI is InChI=1S/C52H38N2O/c1-2-3-4-12-31-54(41-25-21-36(22-26-41)35-13-6-5-7-14-35)50-30-29-42(43-16-9-10-17-44(43)50)38-20-19-37-23-28-46-45-27-24-40(34-51(45)55-52(46)47(37)32-38)49-33-39-15-8-11-18-48(39)53-49/h2-30,32,34H,31,33H2,1H3/b3-2-,12-4-. The normalized spacial score (nSPS) is 12.8. The smallest absolute Gasteiger partial charge is 0.143 e. The van der Waals surface area contributed by atoms with Crippen molar-refractivity contribution in [3.8, 4) is 22.3 Å². The van der Waals surface area contributed by atoms with E-state index in [0.717, 1.165) is 73.9 Å². The molecule has 0 saturated carbocycles. The molecule has 2 heterocycles. The fourth-order valence-corrected chi connectivity index (χ4v) is 8.14. The molecule has 0 atom stereocenters. The Morgan fingerprint density at radius 1 is 0.582 bits per heavy atom. The van der Waals surface area contributed by atoms with Gasteiger partial charge < -0.3 is 9.32 Å². The van der Waals surface area contributed by atoms with Crippen LogP contribution >= 0.6 is 0 Å². The predicted molar refractivity (Wildman–Crippen MR) is 233 cm³/mol. The summed E-state index contributed by atoms with van der Waals surface area (Å²) in [7, 11) is 0. The maximum absolute atomic E-state index is 6.74. The number of rotatable bonds is 8. The van der Waals surface area contributed by atoms with E-state index in [-0.39, 0.29) is 0 Å². The second-order valence-electron chi connectivity index (χ2n) is 14.2. The monoisotopic (exact) mass is 706 g/mol. The lowest BCUT2D eigenvalue weighted by atomic mass is 9.94. The minimum absolute atomic E-state index is 0.736. The van der Waals surface area contributed by atoms with E-state index in [9.17, 15) is 0 Å². The van der Waals surface area contributed by atoms with E-state index < -0.39 is 0 Å². The van der Waals surface area contributed by atoms with Crippen molar-refractivity contribution in [2.24, 2.45) is 4.99 Å². The van der Waals surface area contributed by atoms with Gasteiger partial charge in [-0.2, -0.15) is 0 Å². The second-order valence-corrected chi connectivity index (χ2v) is 14.2. The van der Waals surface area contributed by atoms with Gasteiger partial charge in [-0.25, -0.2) is 0 Å². The van der Waals surface area contributed by atoms with Gasteiger partial charge >= 0.3 is 0 Å². The summed E-state index contributed by atoms with van der Waals surface area (Å²) in [5.74, 6) is 0. The molecule has 0 bridgehead atoms.